The van der Waals surface area contributed by atoms with Gasteiger partial charge in [0.25, 0.3) is 0 Å². The van der Waals surface area contributed by atoms with E-state index in [-0.39, 0.29) is 5.82 Å². The largest absolute Gasteiger partial charge is 0.355 e. The predicted octanol–water partition coefficient (Wildman–Crippen LogP) is 2.63. The summed E-state index contributed by atoms with van der Waals surface area (Å²) in [6, 6.07) is 9.25. The van der Waals surface area contributed by atoms with Crippen molar-refractivity contribution < 1.29 is 4.39 Å². The van der Waals surface area contributed by atoms with Crippen LogP contribution in [0, 0.1) is 12.7 Å². The average Bonchev–Trinajstić information content (AvgIpc) is 2.97. The summed E-state index contributed by atoms with van der Waals surface area (Å²) in [6.07, 6.45) is 2.73. The molecule has 0 N–H and O–H groups in total. The Morgan fingerprint density at radius 1 is 1.27 bits per heavy atom. The molecule has 1 aromatic heterocycles. The van der Waals surface area contributed by atoms with Gasteiger partial charge in [0.05, 0.1) is 0 Å². The van der Waals surface area contributed by atoms with Crippen molar-refractivity contribution in [1.29, 1.82) is 0 Å². The minimum absolute atomic E-state index is 0.179. The Kier molecular flexibility index (Phi) is 4.34. The SMILES string of the molecule is Cc1cc(N(C)C2CCN(Cc3ccc(F)cc3)C2)ncn1. The van der Waals surface area contributed by atoms with E-state index in [2.05, 4.69) is 26.8 Å². The van der Waals surface area contributed by atoms with Crippen molar-refractivity contribution >= 4 is 5.82 Å². The molecule has 1 aliphatic heterocycles. The Hall–Kier alpha value is -2.01. The monoisotopic (exact) mass is 300 g/mol. The molecule has 4 nitrogen and oxygen atoms in total. The van der Waals surface area contributed by atoms with Crippen LogP contribution in [0.4, 0.5) is 10.2 Å². The fourth-order valence-corrected chi connectivity index (χ4v) is 2.94. The molecule has 1 unspecified atom stereocenters. The molecule has 1 aromatic carbocycles. The topological polar surface area (TPSA) is 32.3 Å². The second-order valence-corrected chi connectivity index (χ2v) is 5.93. The summed E-state index contributed by atoms with van der Waals surface area (Å²) in [7, 11) is 2.09. The van der Waals surface area contributed by atoms with Crippen LogP contribution in [0.2, 0.25) is 0 Å². The molecule has 1 fully saturated rings. The minimum atomic E-state index is -0.179. The maximum Gasteiger partial charge on any atom is 0.132 e. The molecule has 0 amide bonds. The number of aryl methyl sites for hydroxylation is 1. The maximum absolute atomic E-state index is 13.0. The van der Waals surface area contributed by atoms with E-state index in [4.69, 9.17) is 0 Å². The second-order valence-electron chi connectivity index (χ2n) is 5.93. The molecule has 1 atom stereocenters. The van der Waals surface area contributed by atoms with Crippen LogP contribution >= 0.6 is 0 Å². The molecular formula is C17H21FN4. The highest BCUT2D eigenvalue weighted by atomic mass is 19.1. The van der Waals surface area contributed by atoms with E-state index in [1.165, 1.54) is 12.1 Å². The van der Waals surface area contributed by atoms with E-state index in [0.717, 1.165) is 43.1 Å². The summed E-state index contributed by atoms with van der Waals surface area (Å²) in [6.45, 7) is 4.90. The molecule has 0 saturated carbocycles. The lowest BCUT2D eigenvalue weighted by molar-refractivity contribution is 0.325. The summed E-state index contributed by atoms with van der Waals surface area (Å²) in [4.78, 5) is 13.1. The van der Waals surface area contributed by atoms with Gasteiger partial charge in [-0.15, -0.1) is 0 Å². The van der Waals surface area contributed by atoms with Gasteiger partial charge in [-0.3, -0.25) is 4.90 Å². The maximum atomic E-state index is 13.0. The Morgan fingerprint density at radius 2 is 2.05 bits per heavy atom. The van der Waals surface area contributed by atoms with Crippen molar-refractivity contribution in [3.05, 3.63) is 53.7 Å². The highest BCUT2D eigenvalue weighted by Gasteiger charge is 2.26. The van der Waals surface area contributed by atoms with Gasteiger partial charge in [-0.2, -0.15) is 0 Å². The van der Waals surface area contributed by atoms with Crippen LogP contribution in [0.25, 0.3) is 0 Å². The smallest absolute Gasteiger partial charge is 0.132 e. The normalized spacial score (nSPS) is 18.6. The Bertz CT molecular complexity index is 629. The van der Waals surface area contributed by atoms with E-state index in [9.17, 15) is 4.39 Å². The van der Waals surface area contributed by atoms with Gasteiger partial charge in [0, 0.05) is 44.5 Å². The number of rotatable bonds is 4. The standard InChI is InChI=1S/C17H21FN4/c1-13-9-17(20-12-19-13)21(2)16-7-8-22(11-16)10-14-3-5-15(18)6-4-14/h3-6,9,12,16H,7-8,10-11H2,1-2H3. The van der Waals surface area contributed by atoms with Crippen LogP contribution in [0.3, 0.4) is 0 Å². The summed E-state index contributed by atoms with van der Waals surface area (Å²) in [5, 5.41) is 0. The van der Waals surface area contributed by atoms with E-state index >= 15 is 0 Å². The fraction of sp³-hybridized carbons (Fsp3) is 0.412. The summed E-state index contributed by atoms with van der Waals surface area (Å²) in [5.41, 5.74) is 2.14. The first-order valence-corrected chi connectivity index (χ1v) is 7.60. The number of aromatic nitrogens is 2. The predicted molar refractivity (Wildman–Crippen MR) is 85.3 cm³/mol. The van der Waals surface area contributed by atoms with E-state index in [1.807, 2.05) is 25.1 Å². The molecule has 1 saturated heterocycles. The van der Waals surface area contributed by atoms with Gasteiger partial charge in [-0.1, -0.05) is 12.1 Å². The molecule has 2 aromatic rings. The van der Waals surface area contributed by atoms with Crippen molar-refractivity contribution in [3.8, 4) is 0 Å². The van der Waals surface area contributed by atoms with E-state index < -0.39 is 0 Å². The number of anilines is 1. The Balaban J connectivity index is 1.61. The Labute approximate surface area is 130 Å². The van der Waals surface area contributed by atoms with Crippen LogP contribution in [0.1, 0.15) is 17.7 Å². The average molecular weight is 300 g/mol. The fourth-order valence-electron chi connectivity index (χ4n) is 2.94. The van der Waals surface area contributed by atoms with Crippen LogP contribution in [0.5, 0.6) is 0 Å². The molecule has 2 heterocycles. The lowest BCUT2D eigenvalue weighted by atomic mass is 10.2. The van der Waals surface area contributed by atoms with E-state index in [0.29, 0.717) is 6.04 Å². The number of likely N-dealkylation sites (tertiary alicyclic amines) is 1. The number of likely N-dealkylation sites (N-methyl/N-ethyl adjacent to an activating group) is 1. The number of hydrogen-bond donors (Lipinski definition) is 0. The first-order chi connectivity index (χ1) is 10.6. The van der Waals surface area contributed by atoms with Gasteiger partial charge in [0.2, 0.25) is 0 Å². The molecule has 22 heavy (non-hydrogen) atoms. The van der Waals surface area contributed by atoms with Crippen molar-refractivity contribution in [2.24, 2.45) is 0 Å². The molecule has 0 bridgehead atoms. The lowest BCUT2D eigenvalue weighted by Gasteiger charge is -2.26. The molecule has 5 heteroatoms. The van der Waals surface area contributed by atoms with Crippen molar-refractivity contribution in [3.63, 3.8) is 0 Å². The molecular weight excluding hydrogens is 279 g/mol. The molecule has 0 aliphatic carbocycles. The first kappa shape index (κ1) is 14.9. The van der Waals surface area contributed by atoms with Gasteiger partial charge < -0.3 is 4.90 Å². The van der Waals surface area contributed by atoms with Crippen molar-refractivity contribution in [2.75, 3.05) is 25.0 Å². The molecule has 116 valence electrons. The number of hydrogen-bond acceptors (Lipinski definition) is 4. The van der Waals surface area contributed by atoms with Crippen LogP contribution in [-0.4, -0.2) is 41.0 Å². The number of benzene rings is 1. The lowest BCUT2D eigenvalue weighted by Crippen LogP contribution is -2.35. The van der Waals surface area contributed by atoms with Gasteiger partial charge in [-0.05, 0) is 31.0 Å². The van der Waals surface area contributed by atoms with Crippen LogP contribution < -0.4 is 4.90 Å². The zero-order valence-corrected chi connectivity index (χ0v) is 13.0. The molecule has 1 aliphatic rings. The number of halogens is 1. The van der Waals surface area contributed by atoms with E-state index in [1.54, 1.807) is 6.33 Å². The molecule has 0 radical (unpaired) electrons. The van der Waals surface area contributed by atoms with Crippen LogP contribution in [-0.2, 0) is 6.54 Å². The number of nitrogens with zero attached hydrogens (tertiary/aromatic N) is 4. The zero-order chi connectivity index (χ0) is 15.5. The van der Waals surface area contributed by atoms with Crippen molar-refractivity contribution in [2.45, 2.75) is 25.9 Å². The zero-order valence-electron chi connectivity index (χ0n) is 13.0. The molecule has 0 spiro atoms. The third-order valence-corrected chi connectivity index (χ3v) is 4.27. The third kappa shape index (κ3) is 3.42. The quantitative estimate of drug-likeness (QED) is 0.869. The highest BCUT2D eigenvalue weighted by Crippen LogP contribution is 2.21. The molecule has 3 rings (SSSR count). The van der Waals surface area contributed by atoms with Gasteiger partial charge in [0.1, 0.15) is 18.0 Å². The first-order valence-electron chi connectivity index (χ1n) is 7.60. The summed E-state index contributed by atoms with van der Waals surface area (Å²) < 4.78 is 13.0. The minimum Gasteiger partial charge on any atom is -0.355 e. The van der Waals surface area contributed by atoms with Gasteiger partial charge in [0.15, 0.2) is 0 Å². The summed E-state index contributed by atoms with van der Waals surface area (Å²) >= 11 is 0. The van der Waals surface area contributed by atoms with Gasteiger partial charge >= 0.3 is 0 Å². The second kappa shape index (κ2) is 6.40. The third-order valence-electron chi connectivity index (χ3n) is 4.27. The Morgan fingerprint density at radius 3 is 2.77 bits per heavy atom. The summed E-state index contributed by atoms with van der Waals surface area (Å²) in [5.74, 6) is 0.794. The van der Waals surface area contributed by atoms with Gasteiger partial charge in [-0.25, -0.2) is 14.4 Å². The van der Waals surface area contributed by atoms with Crippen LogP contribution in [0.15, 0.2) is 36.7 Å². The highest BCUT2D eigenvalue weighted by molar-refractivity contribution is 5.39. The van der Waals surface area contributed by atoms with Crippen molar-refractivity contribution in [1.82, 2.24) is 14.9 Å².